The number of benzene rings is 1. The number of hydrogen-bond acceptors (Lipinski definition) is 4. The van der Waals surface area contributed by atoms with Crippen molar-refractivity contribution in [1.29, 1.82) is 0 Å². The van der Waals surface area contributed by atoms with Crippen molar-refractivity contribution in [2.75, 3.05) is 19.6 Å². The van der Waals surface area contributed by atoms with Gasteiger partial charge in [-0.25, -0.2) is 13.2 Å². The van der Waals surface area contributed by atoms with Crippen LogP contribution in [0.2, 0.25) is 0 Å². The summed E-state index contributed by atoms with van der Waals surface area (Å²) in [5.74, 6) is -4.43. The fourth-order valence-corrected chi connectivity index (χ4v) is 4.27. The van der Waals surface area contributed by atoms with Crippen LogP contribution in [0.4, 0.5) is 13.2 Å². The number of hydrogen-bond donors (Lipinski definition) is 1. The topological polar surface area (TPSA) is 54.5 Å². The third-order valence-electron chi connectivity index (χ3n) is 6.01. The summed E-state index contributed by atoms with van der Waals surface area (Å²) in [7, 11) is 0. The Labute approximate surface area is 173 Å². The number of aromatic nitrogens is 1. The van der Waals surface area contributed by atoms with Crippen LogP contribution in [-0.2, 0) is 11.3 Å². The molecule has 160 valence electrons. The maximum atomic E-state index is 13.8. The van der Waals surface area contributed by atoms with E-state index in [1.54, 1.807) is 12.4 Å². The number of nitrogens with zero attached hydrogens (tertiary/aromatic N) is 2. The second kappa shape index (κ2) is 8.73. The van der Waals surface area contributed by atoms with Crippen molar-refractivity contribution in [3.63, 3.8) is 0 Å². The lowest BCUT2D eigenvalue weighted by molar-refractivity contribution is -0.0764. The Hall–Kier alpha value is -2.45. The Morgan fingerprint density at radius 2 is 1.80 bits per heavy atom. The molecular weight excluding hydrogens is 395 g/mol. The van der Waals surface area contributed by atoms with E-state index in [9.17, 15) is 18.0 Å². The second-order valence-electron chi connectivity index (χ2n) is 8.05. The van der Waals surface area contributed by atoms with Gasteiger partial charge in [0.2, 0.25) is 0 Å². The molecule has 30 heavy (non-hydrogen) atoms. The molecule has 1 aromatic carbocycles. The van der Waals surface area contributed by atoms with Gasteiger partial charge in [0.25, 0.3) is 5.91 Å². The minimum absolute atomic E-state index is 0.172. The van der Waals surface area contributed by atoms with E-state index in [0.717, 1.165) is 45.3 Å². The third-order valence-corrected chi connectivity index (χ3v) is 6.01. The van der Waals surface area contributed by atoms with Crippen molar-refractivity contribution in [3.05, 3.63) is 65.2 Å². The molecule has 1 aromatic heterocycles. The van der Waals surface area contributed by atoms with Gasteiger partial charge < -0.3 is 10.1 Å². The average molecular weight is 419 g/mol. The van der Waals surface area contributed by atoms with Crippen molar-refractivity contribution in [1.82, 2.24) is 15.2 Å². The van der Waals surface area contributed by atoms with Crippen LogP contribution in [0, 0.1) is 17.5 Å². The summed E-state index contributed by atoms with van der Waals surface area (Å²) in [5, 5.41) is 2.58. The predicted octanol–water partition coefficient (Wildman–Crippen LogP) is 3.44. The van der Waals surface area contributed by atoms with E-state index in [1.165, 1.54) is 5.56 Å². The van der Waals surface area contributed by atoms with Crippen LogP contribution in [0.5, 0.6) is 0 Å². The van der Waals surface area contributed by atoms with Crippen molar-refractivity contribution in [2.24, 2.45) is 0 Å². The summed E-state index contributed by atoms with van der Waals surface area (Å²) in [6.07, 6.45) is 6.97. The largest absolute Gasteiger partial charge is 0.370 e. The fraction of sp³-hybridized carbons (Fsp3) is 0.455. The molecule has 4 rings (SSSR count). The Bertz CT molecular complexity index is 902. The average Bonchev–Trinajstić information content (AvgIpc) is 3.14. The number of likely N-dealkylation sites (tertiary alicyclic amines) is 1. The molecule has 0 aliphatic carbocycles. The maximum absolute atomic E-state index is 13.8. The summed E-state index contributed by atoms with van der Waals surface area (Å²) < 4.78 is 46.4. The van der Waals surface area contributed by atoms with Gasteiger partial charge in [-0.15, -0.1) is 0 Å². The highest BCUT2D eigenvalue weighted by atomic mass is 19.2. The molecule has 1 unspecified atom stereocenters. The lowest BCUT2D eigenvalue weighted by Crippen LogP contribution is -2.44. The second-order valence-corrected chi connectivity index (χ2v) is 8.05. The molecule has 8 heteroatoms. The quantitative estimate of drug-likeness (QED) is 0.755. The number of nitrogens with one attached hydrogen (secondary N) is 1. The molecule has 2 aromatic rings. The van der Waals surface area contributed by atoms with E-state index < -0.39 is 28.9 Å². The number of ether oxygens (including phenoxy) is 1. The fourth-order valence-electron chi connectivity index (χ4n) is 4.27. The molecule has 1 N–H and O–H groups in total. The lowest BCUT2D eigenvalue weighted by Gasteiger charge is -2.39. The van der Waals surface area contributed by atoms with Gasteiger partial charge in [0.15, 0.2) is 11.6 Å². The number of rotatable bonds is 5. The van der Waals surface area contributed by atoms with Crippen LogP contribution in [0.25, 0.3) is 0 Å². The highest BCUT2D eigenvalue weighted by Gasteiger charge is 2.42. The molecule has 1 atom stereocenters. The first kappa shape index (κ1) is 20.8. The Kier molecular flexibility index (Phi) is 6.06. The number of carbonyl (C=O) groups is 1. The standard InChI is InChI=1S/C22H24F3N3O2/c23-18-12-20(25)19(24)11-17(18)21(29)27-13-16-1-4-22(30-16)5-9-28(10-6-22)14-15-2-7-26-8-3-15/h2-3,7-8,11-12,16H,1,4-6,9-10,13-14H2,(H,27,29). The first-order chi connectivity index (χ1) is 14.4. The summed E-state index contributed by atoms with van der Waals surface area (Å²) in [6.45, 7) is 2.96. The first-order valence-electron chi connectivity index (χ1n) is 10.2. The summed E-state index contributed by atoms with van der Waals surface area (Å²) in [5.41, 5.74) is 0.543. The number of carbonyl (C=O) groups excluding carboxylic acids is 1. The number of halogens is 3. The van der Waals surface area contributed by atoms with Gasteiger partial charge in [-0.3, -0.25) is 14.7 Å². The van der Waals surface area contributed by atoms with Crippen LogP contribution in [0.15, 0.2) is 36.7 Å². The summed E-state index contributed by atoms with van der Waals surface area (Å²) in [6, 6.07) is 5.00. The summed E-state index contributed by atoms with van der Waals surface area (Å²) in [4.78, 5) is 18.6. The Morgan fingerprint density at radius 1 is 1.10 bits per heavy atom. The number of amides is 1. The minimum Gasteiger partial charge on any atom is -0.370 e. The van der Waals surface area contributed by atoms with Crippen LogP contribution < -0.4 is 5.32 Å². The monoisotopic (exact) mass is 419 g/mol. The maximum Gasteiger partial charge on any atom is 0.254 e. The molecular formula is C22H24F3N3O2. The third kappa shape index (κ3) is 4.65. The minimum atomic E-state index is -1.32. The van der Waals surface area contributed by atoms with Gasteiger partial charge in [0.1, 0.15) is 5.82 Å². The molecule has 2 aliphatic rings. The van der Waals surface area contributed by atoms with Gasteiger partial charge in [-0.05, 0) is 49.4 Å². The van der Waals surface area contributed by atoms with Crippen molar-refractivity contribution >= 4 is 5.91 Å². The molecule has 1 spiro atoms. The lowest BCUT2D eigenvalue weighted by atomic mass is 9.88. The normalized spacial score (nSPS) is 21.1. The molecule has 0 radical (unpaired) electrons. The van der Waals surface area contributed by atoms with Gasteiger partial charge in [0.05, 0.1) is 17.3 Å². The zero-order valence-electron chi connectivity index (χ0n) is 16.5. The molecule has 2 fully saturated rings. The first-order valence-corrected chi connectivity index (χ1v) is 10.2. The van der Waals surface area contributed by atoms with Crippen LogP contribution in [0.3, 0.4) is 0 Å². The molecule has 1 amide bonds. The zero-order chi connectivity index (χ0) is 21.1. The van der Waals surface area contributed by atoms with E-state index in [0.29, 0.717) is 12.1 Å². The van der Waals surface area contributed by atoms with Crippen molar-refractivity contribution < 1.29 is 22.7 Å². The molecule has 3 heterocycles. The van der Waals surface area contributed by atoms with Crippen LogP contribution >= 0.6 is 0 Å². The highest BCUT2D eigenvalue weighted by Crippen LogP contribution is 2.39. The van der Waals surface area contributed by atoms with Gasteiger partial charge in [0, 0.05) is 44.6 Å². The summed E-state index contributed by atoms with van der Waals surface area (Å²) >= 11 is 0. The van der Waals surface area contributed by atoms with E-state index in [4.69, 9.17) is 4.74 Å². The predicted molar refractivity (Wildman–Crippen MR) is 104 cm³/mol. The van der Waals surface area contributed by atoms with Gasteiger partial charge in [-0.2, -0.15) is 0 Å². The molecule has 0 bridgehead atoms. The van der Waals surface area contributed by atoms with Crippen molar-refractivity contribution in [3.8, 4) is 0 Å². The van der Waals surface area contributed by atoms with E-state index in [2.05, 4.69) is 15.2 Å². The zero-order valence-corrected chi connectivity index (χ0v) is 16.5. The van der Waals surface area contributed by atoms with Gasteiger partial charge >= 0.3 is 0 Å². The molecule has 5 nitrogen and oxygen atoms in total. The van der Waals surface area contributed by atoms with E-state index in [1.807, 2.05) is 12.1 Å². The van der Waals surface area contributed by atoms with Gasteiger partial charge in [-0.1, -0.05) is 0 Å². The van der Waals surface area contributed by atoms with Crippen LogP contribution in [-0.4, -0.2) is 47.1 Å². The van der Waals surface area contributed by atoms with Crippen molar-refractivity contribution in [2.45, 2.75) is 43.9 Å². The number of pyridine rings is 1. The van der Waals surface area contributed by atoms with E-state index in [-0.39, 0.29) is 18.2 Å². The molecule has 2 aliphatic heterocycles. The molecule has 0 saturated carbocycles. The van der Waals surface area contributed by atoms with E-state index >= 15 is 0 Å². The molecule has 2 saturated heterocycles. The Morgan fingerprint density at radius 3 is 2.53 bits per heavy atom. The SMILES string of the molecule is O=C(NCC1CCC2(CCN(Cc3ccncc3)CC2)O1)c1cc(F)c(F)cc1F. The smallest absolute Gasteiger partial charge is 0.254 e. The van der Waals surface area contributed by atoms with Crippen LogP contribution in [0.1, 0.15) is 41.6 Å². The number of piperidine rings is 1. The Balaban J connectivity index is 1.26. The highest BCUT2D eigenvalue weighted by molar-refractivity contribution is 5.94.